The summed E-state index contributed by atoms with van der Waals surface area (Å²) in [5, 5.41) is 15.6. The van der Waals surface area contributed by atoms with Gasteiger partial charge in [0.25, 0.3) is 0 Å². The number of aryl methyl sites for hydroxylation is 2. The topological polar surface area (TPSA) is 77.8 Å². The Balaban J connectivity index is 0.000000321. The molecular weight excluding hydrogens is 366 g/mol. The van der Waals surface area contributed by atoms with E-state index in [0.29, 0.717) is 12.2 Å². The minimum absolute atomic E-state index is 0.558. The normalized spacial score (nSPS) is 12.4. The van der Waals surface area contributed by atoms with Crippen molar-refractivity contribution in [3.05, 3.63) is 89.0 Å². The number of carboxylic acids is 2. The number of benzene rings is 2. The molecule has 0 saturated carbocycles. The molecule has 0 spiro atoms. The Kier molecular flexibility index (Phi) is 8.37. The van der Waals surface area contributed by atoms with Crippen LogP contribution in [0.15, 0.2) is 66.8 Å². The highest BCUT2D eigenvalue weighted by Crippen LogP contribution is 2.33. The molecular formula is C24H27NO4. The smallest absolute Gasteiger partial charge is 0.328 e. The second kappa shape index (κ2) is 11.0. The summed E-state index contributed by atoms with van der Waals surface area (Å²) in [6.45, 7) is 1.09. The fraction of sp³-hybridized carbons (Fsp3) is 0.250. The van der Waals surface area contributed by atoms with Crippen molar-refractivity contribution in [2.75, 3.05) is 20.6 Å². The van der Waals surface area contributed by atoms with Crippen LogP contribution in [-0.4, -0.2) is 47.7 Å². The van der Waals surface area contributed by atoms with Crippen molar-refractivity contribution in [2.45, 2.75) is 19.3 Å². The van der Waals surface area contributed by atoms with Crippen molar-refractivity contribution in [1.29, 1.82) is 0 Å². The average molecular weight is 393 g/mol. The summed E-state index contributed by atoms with van der Waals surface area (Å²) in [5.41, 5.74) is 7.21. The zero-order valence-corrected chi connectivity index (χ0v) is 16.8. The monoisotopic (exact) mass is 393 g/mol. The second-order valence-electron chi connectivity index (χ2n) is 7.03. The molecule has 1 aliphatic rings. The summed E-state index contributed by atoms with van der Waals surface area (Å²) in [6, 6.07) is 17.7. The first-order valence-corrected chi connectivity index (χ1v) is 9.54. The predicted octanol–water partition coefficient (Wildman–Crippen LogP) is 3.88. The molecule has 2 N–H and O–H groups in total. The molecule has 3 rings (SSSR count). The molecule has 2 aromatic rings. The molecule has 5 nitrogen and oxygen atoms in total. The molecule has 0 unspecified atom stereocenters. The Labute approximate surface area is 171 Å². The van der Waals surface area contributed by atoms with Crippen LogP contribution in [-0.2, 0) is 22.4 Å². The number of rotatable bonds is 5. The number of carboxylic acid groups (broad SMARTS) is 2. The van der Waals surface area contributed by atoms with Gasteiger partial charge in [-0.3, -0.25) is 0 Å². The molecule has 152 valence electrons. The van der Waals surface area contributed by atoms with Gasteiger partial charge in [0.2, 0.25) is 0 Å². The van der Waals surface area contributed by atoms with Crippen molar-refractivity contribution < 1.29 is 19.8 Å². The molecule has 0 aliphatic heterocycles. The zero-order valence-electron chi connectivity index (χ0n) is 16.8. The highest BCUT2D eigenvalue weighted by Gasteiger charge is 2.16. The van der Waals surface area contributed by atoms with Gasteiger partial charge in [-0.1, -0.05) is 54.6 Å². The van der Waals surface area contributed by atoms with Crippen LogP contribution in [0, 0.1) is 0 Å². The Morgan fingerprint density at radius 2 is 1.31 bits per heavy atom. The number of aliphatic carboxylic acids is 2. The van der Waals surface area contributed by atoms with Crippen LogP contribution in [0.25, 0.3) is 5.57 Å². The number of nitrogens with zero attached hydrogens (tertiary/aromatic N) is 1. The Morgan fingerprint density at radius 3 is 1.72 bits per heavy atom. The van der Waals surface area contributed by atoms with E-state index >= 15 is 0 Å². The lowest BCUT2D eigenvalue weighted by molar-refractivity contribution is -0.134. The third-order valence-corrected chi connectivity index (χ3v) is 4.57. The summed E-state index contributed by atoms with van der Waals surface area (Å²) < 4.78 is 0. The van der Waals surface area contributed by atoms with E-state index in [1.807, 2.05) is 0 Å². The lowest BCUT2D eigenvalue weighted by Crippen LogP contribution is -2.12. The quantitative estimate of drug-likeness (QED) is 0.754. The molecule has 0 heterocycles. The maximum absolute atomic E-state index is 9.55. The summed E-state index contributed by atoms with van der Waals surface area (Å²) in [7, 11) is 4.26. The lowest BCUT2D eigenvalue weighted by Gasteiger charge is -2.13. The molecule has 1 aliphatic carbocycles. The van der Waals surface area contributed by atoms with Gasteiger partial charge >= 0.3 is 11.9 Å². The van der Waals surface area contributed by atoms with Crippen LogP contribution in [0.4, 0.5) is 0 Å². The fourth-order valence-corrected chi connectivity index (χ4v) is 3.25. The molecule has 0 bridgehead atoms. The molecule has 5 heteroatoms. The van der Waals surface area contributed by atoms with Gasteiger partial charge in [0.05, 0.1) is 0 Å². The van der Waals surface area contributed by atoms with Crippen LogP contribution >= 0.6 is 0 Å². The molecule has 0 aromatic heterocycles. The van der Waals surface area contributed by atoms with E-state index in [1.54, 1.807) is 0 Å². The summed E-state index contributed by atoms with van der Waals surface area (Å²) in [4.78, 5) is 21.3. The van der Waals surface area contributed by atoms with Gasteiger partial charge in [-0.05, 0) is 61.2 Å². The Hall–Kier alpha value is -3.18. The van der Waals surface area contributed by atoms with Gasteiger partial charge in [-0.25, -0.2) is 9.59 Å². The number of carbonyl (C=O) groups is 2. The van der Waals surface area contributed by atoms with E-state index in [9.17, 15) is 9.59 Å². The van der Waals surface area contributed by atoms with E-state index in [4.69, 9.17) is 10.2 Å². The molecule has 0 amide bonds. The highest BCUT2D eigenvalue weighted by molar-refractivity contribution is 5.89. The third kappa shape index (κ3) is 7.05. The molecule has 0 atom stereocenters. The first-order valence-electron chi connectivity index (χ1n) is 9.54. The summed E-state index contributed by atoms with van der Waals surface area (Å²) in [6.07, 6.45) is 6.90. The first-order chi connectivity index (χ1) is 13.9. The molecule has 29 heavy (non-hydrogen) atoms. The largest absolute Gasteiger partial charge is 0.478 e. The molecule has 0 radical (unpaired) electrons. The minimum atomic E-state index is -1.26. The molecule has 2 aromatic carbocycles. The van der Waals surface area contributed by atoms with Crippen molar-refractivity contribution in [2.24, 2.45) is 0 Å². The van der Waals surface area contributed by atoms with Crippen LogP contribution in [0.2, 0.25) is 0 Å². The number of hydrogen-bond acceptors (Lipinski definition) is 3. The van der Waals surface area contributed by atoms with E-state index in [0.717, 1.165) is 25.8 Å². The minimum Gasteiger partial charge on any atom is -0.478 e. The predicted molar refractivity (Wildman–Crippen MR) is 115 cm³/mol. The molecule has 0 fully saturated rings. The maximum Gasteiger partial charge on any atom is 0.328 e. The van der Waals surface area contributed by atoms with E-state index in [-0.39, 0.29) is 0 Å². The Morgan fingerprint density at radius 1 is 0.862 bits per heavy atom. The van der Waals surface area contributed by atoms with Crippen molar-refractivity contribution in [3.8, 4) is 0 Å². The summed E-state index contributed by atoms with van der Waals surface area (Å²) in [5.74, 6) is -2.51. The van der Waals surface area contributed by atoms with Crippen molar-refractivity contribution >= 4 is 17.5 Å². The SMILES string of the molecule is CN(C)CCC=C1c2ccccc2CCc2ccccc21.O=C(O)C=CC(=O)O. The zero-order chi connectivity index (χ0) is 21.2. The molecule has 0 saturated heterocycles. The summed E-state index contributed by atoms with van der Waals surface area (Å²) >= 11 is 0. The van der Waals surface area contributed by atoms with Gasteiger partial charge in [0.15, 0.2) is 0 Å². The van der Waals surface area contributed by atoms with Crippen LogP contribution in [0.5, 0.6) is 0 Å². The fourth-order valence-electron chi connectivity index (χ4n) is 3.25. The van der Waals surface area contributed by atoms with Gasteiger partial charge in [-0.2, -0.15) is 0 Å². The lowest BCUT2D eigenvalue weighted by atomic mass is 9.93. The Bertz CT molecular complexity index is 847. The maximum atomic E-state index is 9.55. The number of fused-ring (bicyclic) bond motifs is 2. The van der Waals surface area contributed by atoms with Gasteiger partial charge in [0, 0.05) is 18.7 Å². The average Bonchev–Trinajstić information content (AvgIpc) is 2.84. The van der Waals surface area contributed by atoms with Crippen molar-refractivity contribution in [3.63, 3.8) is 0 Å². The van der Waals surface area contributed by atoms with Gasteiger partial charge in [-0.15, -0.1) is 0 Å². The van der Waals surface area contributed by atoms with E-state index in [2.05, 4.69) is 73.6 Å². The third-order valence-electron chi connectivity index (χ3n) is 4.57. The van der Waals surface area contributed by atoms with Crippen LogP contribution in [0.1, 0.15) is 28.7 Å². The van der Waals surface area contributed by atoms with Crippen LogP contribution in [0.3, 0.4) is 0 Å². The van der Waals surface area contributed by atoms with Crippen molar-refractivity contribution in [1.82, 2.24) is 4.90 Å². The van der Waals surface area contributed by atoms with E-state index < -0.39 is 11.9 Å². The van der Waals surface area contributed by atoms with Gasteiger partial charge < -0.3 is 15.1 Å². The highest BCUT2D eigenvalue weighted by atomic mass is 16.4. The second-order valence-corrected chi connectivity index (χ2v) is 7.03. The van der Waals surface area contributed by atoms with Crippen LogP contribution < -0.4 is 0 Å². The first kappa shape index (κ1) is 22.1. The number of hydrogen-bond donors (Lipinski definition) is 2. The standard InChI is InChI=1S/C20H23N.C4H4O4/c1-21(2)15-7-12-20-18-10-5-3-8-16(18)13-14-17-9-4-6-11-19(17)20;5-3(6)1-2-4(7)8/h3-6,8-12H,7,13-15H2,1-2H3;1-2H,(H,5,6)(H,7,8). The van der Waals surface area contributed by atoms with Gasteiger partial charge in [0.1, 0.15) is 0 Å². The van der Waals surface area contributed by atoms with E-state index in [1.165, 1.54) is 27.8 Å².